The van der Waals surface area contributed by atoms with E-state index in [-0.39, 0.29) is 11.3 Å². The maximum absolute atomic E-state index is 12.5. The van der Waals surface area contributed by atoms with Crippen LogP contribution in [0.4, 0.5) is 0 Å². The predicted octanol–water partition coefficient (Wildman–Crippen LogP) is 4.87. The number of rotatable bonds is 6. The Morgan fingerprint density at radius 2 is 1.75 bits per heavy atom. The van der Waals surface area contributed by atoms with Gasteiger partial charge in [-0.05, 0) is 54.6 Å². The van der Waals surface area contributed by atoms with Crippen LogP contribution in [-0.2, 0) is 19.4 Å². The number of aromatic nitrogens is 2. The van der Waals surface area contributed by atoms with Gasteiger partial charge in [-0.1, -0.05) is 43.3 Å². The van der Waals surface area contributed by atoms with Crippen LogP contribution in [0.25, 0.3) is 10.9 Å². The summed E-state index contributed by atoms with van der Waals surface area (Å²) >= 11 is 1.69. The molecule has 0 unspecified atom stereocenters. The molecule has 0 saturated heterocycles. The van der Waals surface area contributed by atoms with Crippen molar-refractivity contribution in [3.8, 4) is 5.75 Å². The summed E-state index contributed by atoms with van der Waals surface area (Å²) in [6.07, 6.45) is 5.11. The zero-order chi connectivity index (χ0) is 19.5. The summed E-state index contributed by atoms with van der Waals surface area (Å²) in [4.78, 5) is 13.7. The molecule has 28 heavy (non-hydrogen) atoms. The van der Waals surface area contributed by atoms with Gasteiger partial charge in [0.25, 0.3) is 5.56 Å². The second-order valence-electron chi connectivity index (χ2n) is 6.68. The van der Waals surface area contributed by atoms with Crippen molar-refractivity contribution in [2.75, 3.05) is 0 Å². The van der Waals surface area contributed by atoms with Gasteiger partial charge in [0.1, 0.15) is 5.75 Å². The first-order chi connectivity index (χ1) is 13.7. The van der Waals surface area contributed by atoms with E-state index in [1.807, 2.05) is 37.3 Å². The Bertz CT molecular complexity index is 1160. The molecule has 0 radical (unpaired) electrons. The molecule has 0 spiro atoms. The van der Waals surface area contributed by atoms with E-state index in [0.717, 1.165) is 6.42 Å². The topological polar surface area (TPSA) is 47.2 Å². The third-order valence-corrected chi connectivity index (χ3v) is 5.91. The fourth-order valence-corrected chi connectivity index (χ4v) is 4.39. The molecule has 0 bridgehead atoms. The van der Waals surface area contributed by atoms with Crippen LogP contribution in [0.2, 0.25) is 0 Å². The van der Waals surface area contributed by atoms with E-state index >= 15 is 0 Å². The zero-order valence-electron chi connectivity index (χ0n) is 15.7. The van der Waals surface area contributed by atoms with Gasteiger partial charge >= 0.3 is 0 Å². The summed E-state index contributed by atoms with van der Waals surface area (Å²) in [5.74, 6) is 0.0830. The van der Waals surface area contributed by atoms with Crippen LogP contribution in [0.5, 0.6) is 5.75 Å². The Morgan fingerprint density at radius 1 is 1.00 bits per heavy atom. The summed E-state index contributed by atoms with van der Waals surface area (Å²) in [7, 11) is 0. The van der Waals surface area contributed by atoms with Crippen molar-refractivity contribution >= 4 is 22.9 Å². The molecule has 4 aromatic rings. The van der Waals surface area contributed by atoms with Crippen molar-refractivity contribution in [3.63, 3.8) is 0 Å². The highest BCUT2D eigenvalue weighted by atomic mass is 32.2. The summed E-state index contributed by atoms with van der Waals surface area (Å²) < 4.78 is 3.88. The van der Waals surface area contributed by atoms with E-state index in [2.05, 4.69) is 34.4 Å². The summed E-state index contributed by atoms with van der Waals surface area (Å²) in [6.45, 7) is 2.46. The molecule has 2 aromatic heterocycles. The Kier molecular flexibility index (Phi) is 5.26. The monoisotopic (exact) mass is 390 g/mol. The minimum atomic E-state index is -0.107. The highest BCUT2D eigenvalue weighted by Gasteiger charge is 2.11. The van der Waals surface area contributed by atoms with Crippen molar-refractivity contribution in [1.29, 1.82) is 0 Å². The van der Waals surface area contributed by atoms with Crippen molar-refractivity contribution in [2.45, 2.75) is 31.2 Å². The van der Waals surface area contributed by atoms with Crippen LogP contribution in [0.3, 0.4) is 0 Å². The number of nitrogens with zero attached hydrogens (tertiary/aromatic N) is 2. The molecule has 2 aromatic carbocycles. The molecule has 0 fully saturated rings. The number of pyridine rings is 1. The van der Waals surface area contributed by atoms with E-state index in [0.29, 0.717) is 18.5 Å². The number of benzene rings is 2. The van der Waals surface area contributed by atoms with Crippen molar-refractivity contribution < 1.29 is 5.11 Å². The van der Waals surface area contributed by atoms with E-state index in [1.54, 1.807) is 28.8 Å². The van der Waals surface area contributed by atoms with Crippen LogP contribution in [0, 0.1) is 0 Å². The summed E-state index contributed by atoms with van der Waals surface area (Å²) in [5, 5.41) is 11.1. The Balaban J connectivity index is 1.64. The lowest BCUT2D eigenvalue weighted by Crippen LogP contribution is -2.23. The van der Waals surface area contributed by atoms with E-state index < -0.39 is 0 Å². The Labute approximate surface area is 168 Å². The third-order valence-electron chi connectivity index (χ3n) is 4.92. The molecule has 2 heterocycles. The SMILES string of the molecule is CCc1c(O)ccn(CCc2cn(Sc3ccccc3)c3ccccc23)c1=O. The smallest absolute Gasteiger partial charge is 0.257 e. The molecular formula is C23H22N2O2S. The average Bonchev–Trinajstić information content (AvgIpc) is 3.06. The van der Waals surface area contributed by atoms with Crippen molar-refractivity contribution in [3.05, 3.63) is 94.5 Å². The molecule has 142 valence electrons. The van der Waals surface area contributed by atoms with Gasteiger partial charge in [0.2, 0.25) is 0 Å². The average molecular weight is 391 g/mol. The number of para-hydroxylation sites is 1. The molecule has 5 heteroatoms. The van der Waals surface area contributed by atoms with E-state index in [9.17, 15) is 9.90 Å². The standard InChI is InChI=1S/C23H22N2O2S/c1-2-19-22(26)13-15-24(23(19)27)14-12-17-16-25(21-11-7-6-10-20(17)21)28-18-8-4-3-5-9-18/h3-11,13,15-16,26H,2,12,14H2,1H3. The molecule has 1 N–H and O–H groups in total. The first-order valence-corrected chi connectivity index (χ1v) is 10.2. The highest BCUT2D eigenvalue weighted by molar-refractivity contribution is 7.98. The molecular weight excluding hydrogens is 368 g/mol. The lowest BCUT2D eigenvalue weighted by Gasteiger charge is -2.08. The van der Waals surface area contributed by atoms with Crippen LogP contribution in [-0.4, -0.2) is 13.6 Å². The molecule has 0 saturated carbocycles. The normalized spacial score (nSPS) is 11.2. The molecule has 0 amide bonds. The van der Waals surface area contributed by atoms with Crippen LogP contribution in [0.1, 0.15) is 18.1 Å². The zero-order valence-corrected chi connectivity index (χ0v) is 16.5. The number of hydrogen-bond donors (Lipinski definition) is 1. The summed E-state index contributed by atoms with van der Waals surface area (Å²) in [6, 6.07) is 20.2. The first-order valence-electron chi connectivity index (χ1n) is 9.41. The van der Waals surface area contributed by atoms with Gasteiger partial charge in [-0.15, -0.1) is 0 Å². The molecule has 0 aliphatic heterocycles. The summed E-state index contributed by atoms with van der Waals surface area (Å²) in [5.41, 5.74) is 2.74. The van der Waals surface area contributed by atoms with E-state index in [4.69, 9.17) is 0 Å². The molecule has 0 aliphatic carbocycles. The largest absolute Gasteiger partial charge is 0.507 e. The fourth-order valence-electron chi connectivity index (χ4n) is 3.45. The second-order valence-corrected chi connectivity index (χ2v) is 7.73. The number of aromatic hydroxyl groups is 1. The molecule has 4 rings (SSSR count). The van der Waals surface area contributed by atoms with Gasteiger partial charge in [-0.25, -0.2) is 0 Å². The predicted molar refractivity (Wildman–Crippen MR) is 115 cm³/mol. The Morgan fingerprint density at radius 3 is 2.54 bits per heavy atom. The van der Waals surface area contributed by atoms with Crippen LogP contribution < -0.4 is 5.56 Å². The number of aryl methyl sites for hydroxylation is 2. The number of hydrogen-bond acceptors (Lipinski definition) is 3. The van der Waals surface area contributed by atoms with E-state index in [1.165, 1.54) is 21.4 Å². The Hall–Kier alpha value is -2.92. The minimum absolute atomic E-state index is 0.0830. The van der Waals surface area contributed by atoms with Crippen LogP contribution in [0.15, 0.2) is 82.7 Å². The van der Waals surface area contributed by atoms with Crippen LogP contribution >= 0.6 is 11.9 Å². The fraction of sp³-hybridized carbons (Fsp3) is 0.174. The van der Waals surface area contributed by atoms with Gasteiger partial charge < -0.3 is 9.67 Å². The molecule has 0 atom stereocenters. The lowest BCUT2D eigenvalue weighted by molar-refractivity contribution is 0.462. The lowest BCUT2D eigenvalue weighted by atomic mass is 10.1. The minimum Gasteiger partial charge on any atom is -0.507 e. The second kappa shape index (κ2) is 7.98. The van der Waals surface area contributed by atoms with Gasteiger partial charge in [0, 0.05) is 29.2 Å². The molecule has 4 nitrogen and oxygen atoms in total. The number of fused-ring (bicyclic) bond motifs is 1. The first kappa shape index (κ1) is 18.4. The quantitative estimate of drug-likeness (QED) is 0.511. The van der Waals surface area contributed by atoms with Gasteiger partial charge in [0.15, 0.2) is 0 Å². The maximum Gasteiger partial charge on any atom is 0.257 e. The van der Waals surface area contributed by atoms with Gasteiger partial charge in [0.05, 0.1) is 11.1 Å². The molecule has 0 aliphatic rings. The third kappa shape index (κ3) is 3.58. The highest BCUT2D eigenvalue weighted by Crippen LogP contribution is 2.29. The maximum atomic E-state index is 12.5. The van der Waals surface area contributed by atoms with Crippen molar-refractivity contribution in [2.24, 2.45) is 0 Å². The van der Waals surface area contributed by atoms with Crippen molar-refractivity contribution in [1.82, 2.24) is 8.54 Å². The van der Waals surface area contributed by atoms with Gasteiger partial charge in [-0.3, -0.25) is 8.77 Å². The van der Waals surface area contributed by atoms with Gasteiger partial charge in [-0.2, -0.15) is 0 Å².